The number of anilines is 1. The maximum absolute atomic E-state index is 10.9. The highest BCUT2D eigenvalue weighted by Gasteiger charge is 2.26. The smallest absolute Gasteiger partial charge is 0.334 e. The second-order valence-corrected chi connectivity index (χ2v) is 4.07. The summed E-state index contributed by atoms with van der Waals surface area (Å²) in [6.45, 7) is 4.09. The Hall–Kier alpha value is -1.75. The lowest BCUT2D eigenvalue weighted by molar-refractivity contribution is -0.150. The molecule has 1 unspecified atom stereocenters. The molecule has 1 aliphatic rings. The molecule has 98 valence electrons. The molecule has 0 spiro atoms. The summed E-state index contributed by atoms with van der Waals surface area (Å²) in [4.78, 5) is 12.9. The molecule has 1 saturated heterocycles. The van der Waals surface area contributed by atoms with Crippen molar-refractivity contribution in [3.05, 3.63) is 24.3 Å². The summed E-state index contributed by atoms with van der Waals surface area (Å²) in [5, 5.41) is 8.95. The summed E-state index contributed by atoms with van der Waals surface area (Å²) in [5.74, 6) is -0.0880. The number of carboxylic acid groups (broad SMARTS) is 1. The fourth-order valence-corrected chi connectivity index (χ4v) is 1.95. The van der Waals surface area contributed by atoms with E-state index < -0.39 is 12.1 Å². The van der Waals surface area contributed by atoms with Crippen LogP contribution < -0.4 is 9.64 Å². The molecule has 0 aliphatic carbocycles. The minimum absolute atomic E-state index is 0.378. The van der Waals surface area contributed by atoms with Crippen LogP contribution in [0.3, 0.4) is 0 Å². The Morgan fingerprint density at radius 1 is 1.50 bits per heavy atom. The predicted octanol–water partition coefficient (Wildman–Crippen LogP) is 1.38. The standard InChI is InChI=1S/C13H17NO4/c1-2-17-11-5-3-10(4-6-11)14-7-8-18-12(9-14)13(15)16/h3-6,12H,2,7-9H2,1H3,(H,15,16). The van der Waals surface area contributed by atoms with Crippen LogP contribution in [0.5, 0.6) is 5.75 Å². The van der Waals surface area contributed by atoms with E-state index in [4.69, 9.17) is 14.6 Å². The molecule has 5 nitrogen and oxygen atoms in total. The number of ether oxygens (including phenoxy) is 2. The first-order valence-corrected chi connectivity index (χ1v) is 6.03. The molecule has 1 atom stereocenters. The number of nitrogens with zero attached hydrogens (tertiary/aromatic N) is 1. The van der Waals surface area contributed by atoms with Crippen molar-refractivity contribution in [1.82, 2.24) is 0 Å². The van der Waals surface area contributed by atoms with Crippen molar-refractivity contribution in [2.75, 3.05) is 31.2 Å². The number of hydrogen-bond acceptors (Lipinski definition) is 4. The quantitative estimate of drug-likeness (QED) is 0.876. The zero-order valence-corrected chi connectivity index (χ0v) is 10.3. The summed E-state index contributed by atoms with van der Waals surface area (Å²) < 4.78 is 10.6. The Bertz CT molecular complexity index is 404. The average molecular weight is 251 g/mol. The number of rotatable bonds is 4. The predicted molar refractivity (Wildman–Crippen MR) is 67.2 cm³/mol. The summed E-state index contributed by atoms with van der Waals surface area (Å²) >= 11 is 0. The first-order valence-electron chi connectivity index (χ1n) is 6.03. The van der Waals surface area contributed by atoms with Crippen LogP contribution in [0.25, 0.3) is 0 Å². The molecule has 1 heterocycles. The molecule has 2 rings (SSSR count). The fourth-order valence-electron chi connectivity index (χ4n) is 1.95. The van der Waals surface area contributed by atoms with E-state index in [9.17, 15) is 4.79 Å². The van der Waals surface area contributed by atoms with E-state index in [1.54, 1.807) is 0 Å². The molecule has 5 heteroatoms. The Morgan fingerprint density at radius 2 is 2.22 bits per heavy atom. The van der Waals surface area contributed by atoms with Gasteiger partial charge >= 0.3 is 5.97 Å². The SMILES string of the molecule is CCOc1ccc(N2CCOC(C(=O)O)C2)cc1. The van der Waals surface area contributed by atoms with Crippen LogP contribution in [0, 0.1) is 0 Å². The number of aliphatic carboxylic acids is 1. The molecule has 0 saturated carbocycles. The van der Waals surface area contributed by atoms with Crippen LogP contribution in [0.1, 0.15) is 6.92 Å². The number of carboxylic acids is 1. The second kappa shape index (κ2) is 5.73. The zero-order valence-electron chi connectivity index (χ0n) is 10.3. The van der Waals surface area contributed by atoms with E-state index in [2.05, 4.69) is 0 Å². The minimum Gasteiger partial charge on any atom is -0.494 e. The molecule has 1 N–H and O–H groups in total. The highest BCUT2D eigenvalue weighted by molar-refractivity contribution is 5.73. The van der Waals surface area contributed by atoms with Gasteiger partial charge in [-0.3, -0.25) is 0 Å². The largest absolute Gasteiger partial charge is 0.494 e. The highest BCUT2D eigenvalue weighted by Crippen LogP contribution is 2.21. The minimum atomic E-state index is -0.911. The van der Waals surface area contributed by atoms with Crippen LogP contribution >= 0.6 is 0 Å². The molecule has 0 radical (unpaired) electrons. The van der Waals surface area contributed by atoms with Crippen molar-refractivity contribution in [2.24, 2.45) is 0 Å². The third-order valence-corrected chi connectivity index (χ3v) is 2.85. The summed E-state index contributed by atoms with van der Waals surface area (Å²) in [6, 6.07) is 7.67. The van der Waals surface area contributed by atoms with E-state index in [0.29, 0.717) is 26.3 Å². The number of hydrogen-bond donors (Lipinski definition) is 1. The molecule has 1 aliphatic heterocycles. The van der Waals surface area contributed by atoms with Crippen molar-refractivity contribution in [3.8, 4) is 5.75 Å². The molecule has 1 fully saturated rings. The Morgan fingerprint density at radius 3 is 2.83 bits per heavy atom. The fraction of sp³-hybridized carbons (Fsp3) is 0.462. The van der Waals surface area contributed by atoms with Crippen LogP contribution in [-0.4, -0.2) is 43.5 Å². The first-order chi connectivity index (χ1) is 8.70. The number of benzene rings is 1. The normalized spacial score (nSPS) is 19.6. The lowest BCUT2D eigenvalue weighted by Gasteiger charge is -2.32. The summed E-state index contributed by atoms with van der Waals surface area (Å²) in [6.07, 6.45) is -0.745. The zero-order chi connectivity index (χ0) is 13.0. The topological polar surface area (TPSA) is 59.0 Å². The van der Waals surface area contributed by atoms with Gasteiger partial charge in [0.2, 0.25) is 0 Å². The number of morpholine rings is 1. The van der Waals surface area contributed by atoms with Gasteiger partial charge in [-0.2, -0.15) is 0 Å². The molecule has 0 aromatic heterocycles. The van der Waals surface area contributed by atoms with Gasteiger partial charge in [-0.05, 0) is 31.2 Å². The molecule has 1 aromatic rings. The maximum Gasteiger partial charge on any atom is 0.334 e. The summed E-state index contributed by atoms with van der Waals surface area (Å²) in [7, 11) is 0. The van der Waals surface area contributed by atoms with Gasteiger partial charge in [0.25, 0.3) is 0 Å². The van der Waals surface area contributed by atoms with Gasteiger partial charge in [0.05, 0.1) is 19.8 Å². The number of carbonyl (C=O) groups is 1. The van der Waals surface area contributed by atoms with Gasteiger partial charge in [-0.15, -0.1) is 0 Å². The third kappa shape index (κ3) is 2.92. The van der Waals surface area contributed by atoms with Crippen molar-refractivity contribution < 1.29 is 19.4 Å². The van der Waals surface area contributed by atoms with Crippen molar-refractivity contribution >= 4 is 11.7 Å². The Balaban J connectivity index is 2.04. The Labute approximate surface area is 106 Å². The van der Waals surface area contributed by atoms with Crippen molar-refractivity contribution in [3.63, 3.8) is 0 Å². The van der Waals surface area contributed by atoms with Gasteiger partial charge in [0.1, 0.15) is 5.75 Å². The van der Waals surface area contributed by atoms with Crippen LogP contribution in [0.15, 0.2) is 24.3 Å². The van der Waals surface area contributed by atoms with E-state index in [1.165, 1.54) is 0 Å². The van der Waals surface area contributed by atoms with Crippen LogP contribution in [0.4, 0.5) is 5.69 Å². The van der Waals surface area contributed by atoms with Gasteiger partial charge in [-0.1, -0.05) is 0 Å². The third-order valence-electron chi connectivity index (χ3n) is 2.85. The highest BCUT2D eigenvalue weighted by atomic mass is 16.5. The maximum atomic E-state index is 10.9. The van der Waals surface area contributed by atoms with Crippen molar-refractivity contribution in [1.29, 1.82) is 0 Å². The van der Waals surface area contributed by atoms with Gasteiger partial charge < -0.3 is 19.5 Å². The molecule has 0 bridgehead atoms. The average Bonchev–Trinajstić information content (AvgIpc) is 2.40. The van der Waals surface area contributed by atoms with E-state index in [0.717, 1.165) is 11.4 Å². The molecular weight excluding hydrogens is 234 g/mol. The van der Waals surface area contributed by atoms with Gasteiger partial charge in [0.15, 0.2) is 6.10 Å². The monoisotopic (exact) mass is 251 g/mol. The lowest BCUT2D eigenvalue weighted by Crippen LogP contribution is -2.46. The molecular formula is C13H17NO4. The van der Waals surface area contributed by atoms with Gasteiger partial charge in [0, 0.05) is 12.2 Å². The first kappa shape index (κ1) is 12.7. The summed E-state index contributed by atoms with van der Waals surface area (Å²) in [5.41, 5.74) is 0.994. The second-order valence-electron chi connectivity index (χ2n) is 4.07. The lowest BCUT2D eigenvalue weighted by atomic mass is 10.2. The van der Waals surface area contributed by atoms with Gasteiger partial charge in [-0.25, -0.2) is 4.79 Å². The van der Waals surface area contributed by atoms with E-state index in [1.807, 2.05) is 36.1 Å². The molecule has 18 heavy (non-hydrogen) atoms. The Kier molecular flexibility index (Phi) is 4.04. The van der Waals surface area contributed by atoms with E-state index in [-0.39, 0.29) is 0 Å². The molecule has 0 amide bonds. The van der Waals surface area contributed by atoms with E-state index >= 15 is 0 Å². The van der Waals surface area contributed by atoms with Crippen LogP contribution in [-0.2, 0) is 9.53 Å². The van der Waals surface area contributed by atoms with Crippen molar-refractivity contribution in [2.45, 2.75) is 13.0 Å². The molecule has 1 aromatic carbocycles. The van der Waals surface area contributed by atoms with Crippen LogP contribution in [0.2, 0.25) is 0 Å².